The van der Waals surface area contributed by atoms with Gasteiger partial charge in [0.2, 0.25) is 5.91 Å². The Morgan fingerprint density at radius 1 is 1.10 bits per heavy atom. The summed E-state index contributed by atoms with van der Waals surface area (Å²) in [6.07, 6.45) is -1.31. The standard InChI is InChI=1S/C22H19FN4O4/c23-16-2-1-3-18-14(16)9-15(22(31)27-18)19-7-12-6-11(4-5-17(12)26-19)21(30)25-10-13(28)8-20(24)29/h1-7,9,13,26,28H,8,10H2,(H2,24,29)(H,25,30)(H,27,31). The number of nitrogens with one attached hydrogen (secondary N) is 3. The molecule has 31 heavy (non-hydrogen) atoms. The first kappa shape index (κ1) is 20.3. The van der Waals surface area contributed by atoms with Crippen LogP contribution in [0.3, 0.4) is 0 Å². The van der Waals surface area contributed by atoms with Gasteiger partial charge in [-0.15, -0.1) is 0 Å². The maximum absolute atomic E-state index is 14.1. The average molecular weight is 422 g/mol. The Morgan fingerprint density at radius 3 is 2.68 bits per heavy atom. The van der Waals surface area contributed by atoms with Gasteiger partial charge in [0.1, 0.15) is 5.82 Å². The van der Waals surface area contributed by atoms with Gasteiger partial charge < -0.3 is 26.1 Å². The molecular weight excluding hydrogens is 403 g/mol. The van der Waals surface area contributed by atoms with E-state index in [4.69, 9.17) is 5.73 Å². The molecule has 0 spiro atoms. The van der Waals surface area contributed by atoms with E-state index in [0.29, 0.717) is 33.1 Å². The third-order valence-electron chi connectivity index (χ3n) is 4.94. The Hall–Kier alpha value is -3.98. The maximum Gasteiger partial charge on any atom is 0.257 e. The number of fused-ring (bicyclic) bond motifs is 2. The zero-order valence-electron chi connectivity index (χ0n) is 16.2. The van der Waals surface area contributed by atoms with E-state index >= 15 is 0 Å². The zero-order valence-corrected chi connectivity index (χ0v) is 16.2. The summed E-state index contributed by atoms with van der Waals surface area (Å²) in [5.74, 6) is -1.53. The Labute approximate surface area is 174 Å². The smallest absolute Gasteiger partial charge is 0.257 e. The average Bonchev–Trinajstić information content (AvgIpc) is 3.14. The molecule has 4 rings (SSSR count). The number of H-pyrrole nitrogens is 2. The van der Waals surface area contributed by atoms with Gasteiger partial charge in [-0.25, -0.2) is 4.39 Å². The normalized spacial score (nSPS) is 12.2. The third kappa shape index (κ3) is 4.17. The number of carbonyl (C=O) groups excluding carboxylic acids is 2. The summed E-state index contributed by atoms with van der Waals surface area (Å²) in [5, 5.41) is 13.2. The molecule has 0 fully saturated rings. The molecule has 8 nitrogen and oxygen atoms in total. The van der Waals surface area contributed by atoms with E-state index < -0.39 is 23.7 Å². The highest BCUT2D eigenvalue weighted by Crippen LogP contribution is 2.25. The fourth-order valence-electron chi connectivity index (χ4n) is 3.43. The minimum absolute atomic E-state index is 0.115. The van der Waals surface area contributed by atoms with Gasteiger partial charge in [0, 0.05) is 28.4 Å². The molecule has 2 amide bonds. The molecule has 0 saturated carbocycles. The second kappa shape index (κ2) is 8.04. The highest BCUT2D eigenvalue weighted by molar-refractivity contribution is 5.99. The lowest BCUT2D eigenvalue weighted by molar-refractivity contribution is -0.119. The Kier molecular flexibility index (Phi) is 5.26. The van der Waals surface area contributed by atoms with Crippen molar-refractivity contribution in [2.75, 3.05) is 6.54 Å². The van der Waals surface area contributed by atoms with Crippen molar-refractivity contribution in [1.82, 2.24) is 15.3 Å². The summed E-state index contributed by atoms with van der Waals surface area (Å²) in [6.45, 7) is -0.115. The Bertz CT molecular complexity index is 1380. The van der Waals surface area contributed by atoms with E-state index in [-0.39, 0.29) is 24.1 Å². The fraction of sp³-hybridized carbons (Fsp3) is 0.136. The van der Waals surface area contributed by atoms with Crippen LogP contribution >= 0.6 is 0 Å². The molecule has 0 aliphatic rings. The number of aromatic nitrogens is 2. The predicted molar refractivity (Wildman–Crippen MR) is 114 cm³/mol. The number of primary amides is 1. The van der Waals surface area contributed by atoms with Crippen LogP contribution in [0, 0.1) is 5.82 Å². The van der Waals surface area contributed by atoms with Crippen LogP contribution in [0.2, 0.25) is 0 Å². The molecule has 6 N–H and O–H groups in total. The van der Waals surface area contributed by atoms with E-state index in [9.17, 15) is 23.9 Å². The number of rotatable bonds is 6. The van der Waals surface area contributed by atoms with Gasteiger partial charge in [0.25, 0.3) is 11.5 Å². The van der Waals surface area contributed by atoms with Crippen molar-refractivity contribution in [2.45, 2.75) is 12.5 Å². The second-order valence-electron chi connectivity index (χ2n) is 7.23. The van der Waals surface area contributed by atoms with Gasteiger partial charge in [-0.3, -0.25) is 14.4 Å². The first-order chi connectivity index (χ1) is 14.8. The van der Waals surface area contributed by atoms with Crippen molar-refractivity contribution in [3.05, 3.63) is 70.3 Å². The van der Waals surface area contributed by atoms with Gasteiger partial charge in [0.15, 0.2) is 0 Å². The van der Waals surface area contributed by atoms with Crippen LogP contribution in [-0.2, 0) is 4.79 Å². The number of benzene rings is 2. The summed E-state index contributed by atoms with van der Waals surface area (Å²) in [7, 11) is 0. The summed E-state index contributed by atoms with van der Waals surface area (Å²) >= 11 is 0. The maximum atomic E-state index is 14.1. The Balaban J connectivity index is 1.62. The van der Waals surface area contributed by atoms with Crippen LogP contribution in [0.25, 0.3) is 33.1 Å². The van der Waals surface area contributed by atoms with Gasteiger partial charge in [-0.2, -0.15) is 0 Å². The highest BCUT2D eigenvalue weighted by atomic mass is 19.1. The number of amides is 2. The minimum atomic E-state index is -1.07. The summed E-state index contributed by atoms with van der Waals surface area (Å²) in [6, 6.07) is 12.6. The lowest BCUT2D eigenvalue weighted by Gasteiger charge is -2.10. The summed E-state index contributed by atoms with van der Waals surface area (Å²) in [5.41, 5.74) is 6.83. The number of hydrogen-bond donors (Lipinski definition) is 5. The van der Waals surface area contributed by atoms with Crippen LogP contribution in [0.1, 0.15) is 16.8 Å². The third-order valence-corrected chi connectivity index (χ3v) is 4.94. The number of halogens is 1. The first-order valence-electron chi connectivity index (χ1n) is 9.51. The lowest BCUT2D eigenvalue weighted by Crippen LogP contribution is -2.34. The van der Waals surface area contributed by atoms with Crippen molar-refractivity contribution in [3.63, 3.8) is 0 Å². The van der Waals surface area contributed by atoms with E-state index in [0.717, 1.165) is 0 Å². The van der Waals surface area contributed by atoms with Crippen molar-refractivity contribution < 1.29 is 19.1 Å². The van der Waals surface area contributed by atoms with Crippen molar-refractivity contribution in [2.24, 2.45) is 5.73 Å². The number of aliphatic hydroxyl groups excluding tert-OH is 1. The number of carbonyl (C=O) groups is 2. The minimum Gasteiger partial charge on any atom is -0.391 e. The number of hydrogen-bond acceptors (Lipinski definition) is 4. The molecule has 1 unspecified atom stereocenters. The molecule has 0 bridgehead atoms. The molecule has 158 valence electrons. The molecule has 4 aromatic rings. The van der Waals surface area contributed by atoms with Crippen molar-refractivity contribution in [1.29, 1.82) is 0 Å². The van der Waals surface area contributed by atoms with Gasteiger partial charge in [0.05, 0.1) is 29.3 Å². The van der Waals surface area contributed by atoms with Crippen molar-refractivity contribution in [3.8, 4) is 11.3 Å². The van der Waals surface area contributed by atoms with E-state index in [1.165, 1.54) is 18.2 Å². The quantitative estimate of drug-likeness (QED) is 0.323. The summed E-state index contributed by atoms with van der Waals surface area (Å²) < 4.78 is 14.1. The predicted octanol–water partition coefficient (Wildman–Crippen LogP) is 1.78. The van der Waals surface area contributed by atoms with Crippen LogP contribution < -0.4 is 16.6 Å². The monoisotopic (exact) mass is 422 g/mol. The van der Waals surface area contributed by atoms with E-state index in [1.807, 2.05) is 0 Å². The number of pyridine rings is 1. The molecule has 9 heteroatoms. The van der Waals surface area contributed by atoms with Gasteiger partial charge in [-0.05, 0) is 42.5 Å². The van der Waals surface area contributed by atoms with Crippen LogP contribution in [0.5, 0.6) is 0 Å². The van der Waals surface area contributed by atoms with Crippen molar-refractivity contribution >= 4 is 33.6 Å². The molecule has 0 aliphatic carbocycles. The molecule has 0 aliphatic heterocycles. The second-order valence-corrected chi connectivity index (χ2v) is 7.23. The topological polar surface area (TPSA) is 141 Å². The van der Waals surface area contributed by atoms with Crippen LogP contribution in [-0.4, -0.2) is 39.5 Å². The molecule has 2 aromatic carbocycles. The number of aromatic amines is 2. The first-order valence-corrected chi connectivity index (χ1v) is 9.51. The molecule has 0 radical (unpaired) electrons. The fourth-order valence-corrected chi connectivity index (χ4v) is 3.43. The number of nitrogens with two attached hydrogens (primary N) is 1. The Morgan fingerprint density at radius 2 is 1.90 bits per heavy atom. The molecule has 2 aromatic heterocycles. The molecular formula is C22H19FN4O4. The number of aliphatic hydroxyl groups is 1. The van der Waals surface area contributed by atoms with Gasteiger partial charge >= 0.3 is 0 Å². The largest absolute Gasteiger partial charge is 0.391 e. The van der Waals surface area contributed by atoms with Crippen LogP contribution in [0.15, 0.2) is 53.3 Å². The van der Waals surface area contributed by atoms with Gasteiger partial charge in [-0.1, -0.05) is 6.07 Å². The van der Waals surface area contributed by atoms with E-state index in [1.54, 1.807) is 30.3 Å². The lowest BCUT2D eigenvalue weighted by atomic mass is 10.1. The SMILES string of the molecule is NC(=O)CC(O)CNC(=O)c1ccc2[nH]c(-c3cc4c(F)cccc4[nH]c3=O)cc2c1. The van der Waals surface area contributed by atoms with E-state index in [2.05, 4.69) is 15.3 Å². The highest BCUT2D eigenvalue weighted by Gasteiger charge is 2.14. The molecule has 1 atom stereocenters. The molecule has 2 heterocycles. The summed E-state index contributed by atoms with van der Waals surface area (Å²) in [4.78, 5) is 41.4. The zero-order chi connectivity index (χ0) is 22.1. The van der Waals surface area contributed by atoms with Crippen LogP contribution in [0.4, 0.5) is 4.39 Å². The molecule has 0 saturated heterocycles.